The largest absolute Gasteiger partial charge is 0.456 e. The predicted octanol–water partition coefficient (Wildman–Crippen LogP) is 12.2. The second kappa shape index (κ2) is 10.9. The Kier molecular flexibility index (Phi) is 6.05. The van der Waals surface area contributed by atoms with Gasteiger partial charge in [0.25, 0.3) is 0 Å². The summed E-state index contributed by atoms with van der Waals surface area (Å²) < 4.78 is 11.4. The van der Waals surface area contributed by atoms with Gasteiger partial charge in [-0.2, -0.15) is 0 Å². The quantitative estimate of drug-likeness (QED) is 0.187. The van der Waals surface area contributed by atoms with Crippen LogP contribution in [0, 0.1) is 0 Å². The molecule has 4 aromatic heterocycles. The zero-order chi connectivity index (χ0) is 33.5. The van der Waals surface area contributed by atoms with Crippen LogP contribution in [0.15, 0.2) is 162 Å². The molecule has 238 valence electrons. The summed E-state index contributed by atoms with van der Waals surface area (Å²) in [4.78, 5) is 15.1. The highest BCUT2D eigenvalue weighted by Crippen LogP contribution is 2.40. The number of thiophene rings is 1. The highest BCUT2D eigenvalue weighted by Gasteiger charge is 2.18. The molecule has 11 aromatic rings. The lowest BCUT2D eigenvalue weighted by molar-refractivity contribution is 0.669. The summed E-state index contributed by atoms with van der Waals surface area (Å²) in [6.07, 6.45) is 0. The van der Waals surface area contributed by atoms with E-state index >= 15 is 0 Å². The summed E-state index contributed by atoms with van der Waals surface area (Å²) in [5.41, 5.74) is 7.85. The molecule has 0 atom stereocenters. The summed E-state index contributed by atoms with van der Waals surface area (Å²) in [5, 5.41) is 6.99. The van der Waals surface area contributed by atoms with E-state index in [-0.39, 0.29) is 0 Å². The van der Waals surface area contributed by atoms with Crippen molar-refractivity contribution < 1.29 is 4.42 Å². The van der Waals surface area contributed by atoms with Crippen molar-refractivity contribution in [2.45, 2.75) is 0 Å². The number of hydrogen-bond donors (Lipinski definition) is 0. The van der Waals surface area contributed by atoms with Crippen LogP contribution in [0.4, 0.5) is 0 Å². The van der Waals surface area contributed by atoms with Gasteiger partial charge < -0.3 is 8.98 Å². The topological polar surface area (TPSA) is 56.7 Å². The molecule has 0 N–H and O–H groups in total. The van der Waals surface area contributed by atoms with Crippen molar-refractivity contribution in [1.82, 2.24) is 19.5 Å². The number of fused-ring (bicyclic) bond motifs is 9. The van der Waals surface area contributed by atoms with Gasteiger partial charge in [-0.3, -0.25) is 0 Å². The monoisotopic (exact) mass is 670 g/mol. The van der Waals surface area contributed by atoms with Crippen LogP contribution >= 0.6 is 11.3 Å². The first-order chi connectivity index (χ1) is 25.2. The normalized spacial score (nSPS) is 11.9. The van der Waals surface area contributed by atoms with Crippen molar-refractivity contribution in [2.24, 2.45) is 0 Å². The van der Waals surface area contributed by atoms with Gasteiger partial charge in [-0.05, 0) is 54.6 Å². The van der Waals surface area contributed by atoms with Gasteiger partial charge in [0.15, 0.2) is 17.5 Å². The summed E-state index contributed by atoms with van der Waals surface area (Å²) in [7, 11) is 0. The van der Waals surface area contributed by atoms with Crippen molar-refractivity contribution in [3.8, 4) is 39.9 Å². The minimum absolute atomic E-state index is 0.601. The fraction of sp³-hybridized carbons (Fsp3) is 0. The smallest absolute Gasteiger partial charge is 0.164 e. The van der Waals surface area contributed by atoms with E-state index in [9.17, 15) is 0 Å². The van der Waals surface area contributed by atoms with E-state index in [1.54, 1.807) is 11.3 Å². The maximum absolute atomic E-state index is 6.61. The fourth-order valence-electron chi connectivity index (χ4n) is 7.45. The number of hydrogen-bond acceptors (Lipinski definition) is 5. The third-order valence-electron chi connectivity index (χ3n) is 9.84. The molecule has 0 saturated heterocycles. The minimum Gasteiger partial charge on any atom is -0.456 e. The Morgan fingerprint density at radius 3 is 1.80 bits per heavy atom. The highest BCUT2D eigenvalue weighted by molar-refractivity contribution is 7.25. The first-order valence-electron chi connectivity index (χ1n) is 16.9. The zero-order valence-corrected chi connectivity index (χ0v) is 27.9. The molecule has 0 unspecified atom stereocenters. The molecule has 0 amide bonds. The lowest BCUT2D eigenvalue weighted by atomic mass is 10.1. The zero-order valence-electron chi connectivity index (χ0n) is 27.1. The summed E-state index contributed by atoms with van der Waals surface area (Å²) in [6.45, 7) is 0. The van der Waals surface area contributed by atoms with Crippen LogP contribution in [0.5, 0.6) is 0 Å². The van der Waals surface area contributed by atoms with Crippen LogP contribution in [-0.4, -0.2) is 19.5 Å². The molecular formula is C45H26N4OS. The standard InChI is InChI=1S/C45H26N4OS/c1-3-11-27(12-4-1)43-46-44(48-45(47-43)29-20-22-34-33-16-8-10-18-41(33)51-42(34)24-29)28-19-21-32-36-25-38-35(26-40(36)50-39(32)23-28)31-15-7-9-17-37(31)49(38)30-13-5-2-6-14-30/h1-26H. The van der Waals surface area contributed by atoms with Gasteiger partial charge >= 0.3 is 0 Å². The molecule has 11 rings (SSSR count). The Morgan fingerprint density at radius 1 is 0.392 bits per heavy atom. The van der Waals surface area contributed by atoms with Gasteiger partial charge in [0.2, 0.25) is 0 Å². The molecule has 0 aliphatic rings. The molecule has 51 heavy (non-hydrogen) atoms. The van der Waals surface area contributed by atoms with E-state index in [0.717, 1.165) is 55.2 Å². The number of aromatic nitrogens is 4. The lowest BCUT2D eigenvalue weighted by Crippen LogP contribution is -2.00. The van der Waals surface area contributed by atoms with E-state index in [1.165, 1.54) is 31.1 Å². The molecule has 0 aliphatic carbocycles. The Morgan fingerprint density at radius 2 is 1.00 bits per heavy atom. The molecule has 6 heteroatoms. The second-order valence-electron chi connectivity index (χ2n) is 12.8. The third kappa shape index (κ3) is 4.43. The van der Waals surface area contributed by atoms with Crippen LogP contribution < -0.4 is 0 Å². The minimum atomic E-state index is 0.601. The number of rotatable bonds is 4. The molecule has 7 aromatic carbocycles. The van der Waals surface area contributed by atoms with Crippen molar-refractivity contribution in [3.05, 3.63) is 158 Å². The molecule has 0 radical (unpaired) electrons. The maximum Gasteiger partial charge on any atom is 0.164 e. The average molecular weight is 671 g/mol. The van der Waals surface area contributed by atoms with Crippen LogP contribution in [0.3, 0.4) is 0 Å². The highest BCUT2D eigenvalue weighted by atomic mass is 32.1. The summed E-state index contributed by atoms with van der Waals surface area (Å²) in [5.74, 6) is 1.87. The van der Waals surface area contributed by atoms with E-state index in [4.69, 9.17) is 19.4 Å². The predicted molar refractivity (Wildman–Crippen MR) is 211 cm³/mol. The maximum atomic E-state index is 6.61. The van der Waals surface area contributed by atoms with Crippen molar-refractivity contribution in [1.29, 1.82) is 0 Å². The SMILES string of the molecule is c1ccc(-c2nc(-c3ccc4c(c3)oc3cc5c6ccccc6n(-c6ccccc6)c5cc34)nc(-c3ccc4c(c3)sc3ccccc34)n2)cc1. The van der Waals surface area contributed by atoms with Crippen LogP contribution in [-0.2, 0) is 0 Å². The fourth-order valence-corrected chi connectivity index (χ4v) is 8.59. The first kappa shape index (κ1) is 28.2. The van der Waals surface area contributed by atoms with Gasteiger partial charge in [-0.25, -0.2) is 15.0 Å². The van der Waals surface area contributed by atoms with Gasteiger partial charge in [0, 0.05) is 64.1 Å². The molecule has 0 spiro atoms. The molecule has 0 saturated carbocycles. The van der Waals surface area contributed by atoms with Crippen LogP contribution in [0.2, 0.25) is 0 Å². The molecule has 0 fully saturated rings. The molecule has 0 aliphatic heterocycles. The van der Waals surface area contributed by atoms with Crippen molar-refractivity contribution in [2.75, 3.05) is 0 Å². The number of para-hydroxylation sites is 2. The van der Waals surface area contributed by atoms with Crippen LogP contribution in [0.1, 0.15) is 0 Å². The molecular weight excluding hydrogens is 645 g/mol. The average Bonchev–Trinajstić information content (AvgIpc) is 3.85. The van der Waals surface area contributed by atoms with E-state index < -0.39 is 0 Å². The molecule has 4 heterocycles. The third-order valence-corrected chi connectivity index (χ3v) is 11.0. The van der Waals surface area contributed by atoms with E-state index in [1.807, 2.05) is 30.3 Å². The van der Waals surface area contributed by atoms with Gasteiger partial charge in [-0.15, -0.1) is 11.3 Å². The number of furan rings is 1. The van der Waals surface area contributed by atoms with Gasteiger partial charge in [0.1, 0.15) is 11.2 Å². The Balaban J connectivity index is 1.09. The van der Waals surface area contributed by atoms with Crippen molar-refractivity contribution in [3.63, 3.8) is 0 Å². The first-order valence-corrected chi connectivity index (χ1v) is 17.8. The summed E-state index contributed by atoms with van der Waals surface area (Å²) in [6, 6.07) is 55.0. The van der Waals surface area contributed by atoms with E-state index in [2.05, 4.69) is 132 Å². The lowest BCUT2D eigenvalue weighted by Gasteiger charge is -2.08. The van der Waals surface area contributed by atoms with Gasteiger partial charge in [-0.1, -0.05) is 103 Å². The van der Waals surface area contributed by atoms with Gasteiger partial charge in [0.05, 0.1) is 11.0 Å². The Labute approximate surface area is 295 Å². The molecule has 0 bridgehead atoms. The Bertz CT molecular complexity index is 3140. The molecule has 5 nitrogen and oxygen atoms in total. The Hall–Kier alpha value is -6.63. The number of nitrogens with zero attached hydrogens (tertiary/aromatic N) is 4. The van der Waals surface area contributed by atoms with Crippen molar-refractivity contribution >= 4 is 75.3 Å². The van der Waals surface area contributed by atoms with Crippen LogP contribution in [0.25, 0.3) is 104 Å². The second-order valence-corrected chi connectivity index (χ2v) is 13.9. The van der Waals surface area contributed by atoms with E-state index in [0.29, 0.717) is 17.5 Å². The summed E-state index contributed by atoms with van der Waals surface area (Å²) >= 11 is 1.79. The number of benzene rings is 7.